The van der Waals surface area contributed by atoms with Crippen molar-refractivity contribution in [3.8, 4) is 5.88 Å². The lowest BCUT2D eigenvalue weighted by atomic mass is 9.89. The van der Waals surface area contributed by atoms with Crippen LogP contribution >= 0.6 is 27.3 Å². The van der Waals surface area contributed by atoms with Crippen LogP contribution in [0.5, 0.6) is 5.88 Å². The maximum Gasteiger partial charge on any atom is 0.230 e. The Morgan fingerprint density at radius 2 is 2.00 bits per heavy atom. The minimum atomic E-state index is 0.00602. The van der Waals surface area contributed by atoms with Crippen molar-refractivity contribution >= 4 is 32.2 Å². The Morgan fingerprint density at radius 1 is 1.27 bits per heavy atom. The highest BCUT2D eigenvalue weighted by Crippen LogP contribution is 2.42. The summed E-state index contributed by atoms with van der Waals surface area (Å²) in [4.78, 5) is 8.60. The van der Waals surface area contributed by atoms with Gasteiger partial charge in [-0.1, -0.05) is 53.2 Å². The molecule has 1 saturated heterocycles. The normalized spacial score (nSPS) is 22.8. The zero-order valence-electron chi connectivity index (χ0n) is 15.2. The molecule has 26 heavy (non-hydrogen) atoms. The standard InChI is InChI=1S/C19H23BrN4OS/c1-11-7-12(2)10-23(9-11)16(14-5-4-6-15(20)8-14)17-18(25)24-19(26-17)21-13(3)22-24/h4-6,8,11-12,16,25H,7,9-10H2,1-3H3/t11-,12+,16-/m0/s1. The van der Waals surface area contributed by atoms with Gasteiger partial charge in [0.25, 0.3) is 0 Å². The highest BCUT2D eigenvalue weighted by molar-refractivity contribution is 9.10. The SMILES string of the molecule is Cc1nc2sc([C@H](c3cccc(Br)c3)N3C[C@H](C)C[C@H](C)C3)c(O)n2n1. The molecule has 0 saturated carbocycles. The first kappa shape index (κ1) is 17.9. The number of fused-ring (bicyclic) bond motifs is 1. The molecule has 0 spiro atoms. The van der Waals surface area contributed by atoms with Crippen LogP contribution in [0.1, 0.15) is 42.6 Å². The van der Waals surface area contributed by atoms with Crippen molar-refractivity contribution in [2.45, 2.75) is 33.2 Å². The minimum Gasteiger partial charge on any atom is -0.492 e. The maximum atomic E-state index is 10.9. The lowest BCUT2D eigenvalue weighted by Crippen LogP contribution is -2.41. The van der Waals surface area contributed by atoms with Crippen LogP contribution in [0, 0.1) is 18.8 Å². The second-order valence-electron chi connectivity index (χ2n) is 7.50. The van der Waals surface area contributed by atoms with E-state index in [0.717, 1.165) is 27.4 Å². The number of thiazole rings is 1. The molecule has 4 rings (SSSR count). The number of aromatic hydroxyl groups is 1. The van der Waals surface area contributed by atoms with Crippen LogP contribution in [-0.2, 0) is 0 Å². The van der Waals surface area contributed by atoms with Gasteiger partial charge in [-0.3, -0.25) is 4.90 Å². The predicted molar refractivity (Wildman–Crippen MR) is 108 cm³/mol. The van der Waals surface area contributed by atoms with Gasteiger partial charge in [0.2, 0.25) is 10.8 Å². The van der Waals surface area contributed by atoms with E-state index < -0.39 is 0 Å². The summed E-state index contributed by atoms with van der Waals surface area (Å²) in [5, 5.41) is 15.2. The van der Waals surface area contributed by atoms with Crippen LogP contribution in [0.25, 0.3) is 4.96 Å². The number of halogens is 1. The lowest BCUT2D eigenvalue weighted by molar-refractivity contribution is 0.112. The van der Waals surface area contributed by atoms with E-state index in [4.69, 9.17) is 0 Å². The Hall–Kier alpha value is -1.44. The summed E-state index contributed by atoms with van der Waals surface area (Å²) in [5.41, 5.74) is 1.18. The molecule has 3 aromatic rings. The van der Waals surface area contributed by atoms with Gasteiger partial charge in [-0.15, -0.1) is 5.10 Å². The summed E-state index contributed by atoms with van der Waals surface area (Å²) in [6.45, 7) is 8.51. The average molecular weight is 435 g/mol. The number of aromatic nitrogens is 3. The molecular formula is C19H23BrN4OS. The Kier molecular flexibility index (Phi) is 4.79. The van der Waals surface area contributed by atoms with Crippen LogP contribution in [0.2, 0.25) is 0 Å². The first-order valence-electron chi connectivity index (χ1n) is 8.97. The fourth-order valence-corrected chi connectivity index (χ4v) is 5.73. The Labute approximate surface area is 165 Å². The second kappa shape index (κ2) is 6.94. The first-order chi connectivity index (χ1) is 12.4. The Bertz CT molecular complexity index is 927. The van der Waals surface area contributed by atoms with Crippen LogP contribution in [0.15, 0.2) is 28.7 Å². The van der Waals surface area contributed by atoms with Crippen molar-refractivity contribution in [3.63, 3.8) is 0 Å². The summed E-state index contributed by atoms with van der Waals surface area (Å²) in [7, 11) is 0. The van der Waals surface area contributed by atoms with Gasteiger partial charge in [-0.25, -0.2) is 4.98 Å². The third-order valence-corrected chi connectivity index (χ3v) is 6.55. The molecule has 0 bridgehead atoms. The smallest absolute Gasteiger partial charge is 0.230 e. The molecule has 0 aliphatic carbocycles. The minimum absolute atomic E-state index is 0.00602. The summed E-state index contributed by atoms with van der Waals surface area (Å²) in [5.74, 6) is 2.17. The molecule has 1 aromatic carbocycles. The van der Waals surface area contributed by atoms with Gasteiger partial charge in [-0.2, -0.15) is 4.52 Å². The summed E-state index contributed by atoms with van der Waals surface area (Å²) in [6.07, 6.45) is 1.25. The predicted octanol–water partition coefficient (Wildman–Crippen LogP) is 4.63. The van der Waals surface area contributed by atoms with Gasteiger partial charge in [0.1, 0.15) is 5.82 Å². The van der Waals surface area contributed by atoms with E-state index >= 15 is 0 Å². The molecular weight excluding hydrogens is 412 g/mol. The maximum absolute atomic E-state index is 10.9. The first-order valence-corrected chi connectivity index (χ1v) is 10.6. The van der Waals surface area contributed by atoms with E-state index in [2.05, 4.69) is 63.0 Å². The van der Waals surface area contributed by atoms with Crippen LogP contribution in [-0.4, -0.2) is 37.7 Å². The second-order valence-corrected chi connectivity index (χ2v) is 9.43. The molecule has 138 valence electrons. The molecule has 7 heteroatoms. The number of piperidine rings is 1. The van der Waals surface area contributed by atoms with Gasteiger partial charge in [-0.05, 0) is 42.9 Å². The molecule has 0 radical (unpaired) electrons. The molecule has 1 fully saturated rings. The van der Waals surface area contributed by atoms with Crippen LogP contribution in [0.3, 0.4) is 0 Å². The summed E-state index contributed by atoms with van der Waals surface area (Å²) < 4.78 is 2.62. The number of aryl methyl sites for hydroxylation is 1. The number of likely N-dealkylation sites (tertiary alicyclic amines) is 1. The molecule has 1 aliphatic heterocycles. The Morgan fingerprint density at radius 3 is 2.65 bits per heavy atom. The van der Waals surface area contributed by atoms with Crippen LogP contribution in [0.4, 0.5) is 0 Å². The quantitative estimate of drug-likeness (QED) is 0.652. The summed E-state index contributed by atoms with van der Waals surface area (Å²) in [6, 6.07) is 8.39. The highest BCUT2D eigenvalue weighted by Gasteiger charge is 2.33. The van der Waals surface area contributed by atoms with Gasteiger partial charge < -0.3 is 5.11 Å². The average Bonchev–Trinajstić information content (AvgIpc) is 3.05. The van der Waals surface area contributed by atoms with Gasteiger partial charge in [0, 0.05) is 17.6 Å². The van der Waals surface area contributed by atoms with Crippen molar-refractivity contribution in [2.75, 3.05) is 13.1 Å². The topological polar surface area (TPSA) is 53.7 Å². The third kappa shape index (κ3) is 3.28. The number of hydrogen-bond donors (Lipinski definition) is 1. The van der Waals surface area contributed by atoms with Gasteiger partial charge >= 0.3 is 0 Å². The number of benzene rings is 1. The molecule has 0 unspecified atom stereocenters. The number of hydrogen-bond acceptors (Lipinski definition) is 5. The van der Waals surface area contributed by atoms with Crippen molar-refractivity contribution < 1.29 is 5.11 Å². The van der Waals surface area contributed by atoms with E-state index in [1.807, 2.05) is 13.0 Å². The van der Waals surface area contributed by atoms with E-state index in [1.165, 1.54) is 23.3 Å². The third-order valence-electron chi connectivity index (χ3n) is 4.98. The number of nitrogens with zero attached hydrogens (tertiary/aromatic N) is 4. The van der Waals surface area contributed by atoms with Gasteiger partial charge in [0.15, 0.2) is 0 Å². The fraction of sp³-hybridized carbons (Fsp3) is 0.474. The molecule has 3 heterocycles. The molecule has 1 N–H and O–H groups in total. The molecule has 0 amide bonds. The van der Waals surface area contributed by atoms with E-state index in [1.54, 1.807) is 4.52 Å². The fourth-order valence-electron chi connectivity index (χ4n) is 4.15. The molecule has 2 aromatic heterocycles. The Balaban J connectivity index is 1.84. The van der Waals surface area contributed by atoms with E-state index in [0.29, 0.717) is 17.7 Å². The molecule has 1 aliphatic rings. The van der Waals surface area contributed by atoms with Crippen LogP contribution < -0.4 is 0 Å². The van der Waals surface area contributed by atoms with Crippen molar-refractivity contribution in [3.05, 3.63) is 45.0 Å². The number of rotatable bonds is 3. The zero-order chi connectivity index (χ0) is 18.4. The monoisotopic (exact) mass is 434 g/mol. The lowest BCUT2D eigenvalue weighted by Gasteiger charge is -2.40. The van der Waals surface area contributed by atoms with Crippen molar-refractivity contribution in [2.24, 2.45) is 11.8 Å². The largest absolute Gasteiger partial charge is 0.492 e. The van der Waals surface area contributed by atoms with E-state index in [-0.39, 0.29) is 11.9 Å². The van der Waals surface area contributed by atoms with Gasteiger partial charge in [0.05, 0.1) is 10.9 Å². The highest BCUT2D eigenvalue weighted by atomic mass is 79.9. The van der Waals surface area contributed by atoms with Crippen molar-refractivity contribution in [1.82, 2.24) is 19.5 Å². The van der Waals surface area contributed by atoms with E-state index in [9.17, 15) is 5.11 Å². The van der Waals surface area contributed by atoms with Crippen molar-refractivity contribution in [1.29, 1.82) is 0 Å². The zero-order valence-corrected chi connectivity index (χ0v) is 17.6. The molecule has 5 nitrogen and oxygen atoms in total. The summed E-state index contributed by atoms with van der Waals surface area (Å²) >= 11 is 5.13. The molecule has 3 atom stereocenters.